The van der Waals surface area contributed by atoms with E-state index >= 15 is 0 Å². The Labute approximate surface area is 67.6 Å². The molecule has 2 heteroatoms. The van der Waals surface area contributed by atoms with Gasteiger partial charge in [-0.3, -0.25) is 0 Å². The van der Waals surface area contributed by atoms with Gasteiger partial charge in [-0.2, -0.15) is 0 Å². The second kappa shape index (κ2) is 2.20. The SMILES string of the molecule is CC1(C)CCC2CC1OC2O. The number of ether oxygens (including phenoxy) is 1. The highest BCUT2D eigenvalue weighted by atomic mass is 16.6. The molecule has 1 aliphatic heterocycles. The van der Waals surface area contributed by atoms with E-state index in [9.17, 15) is 5.11 Å². The van der Waals surface area contributed by atoms with E-state index < -0.39 is 6.29 Å². The molecule has 64 valence electrons. The standard InChI is InChI=1S/C9H16O2/c1-9(2)4-3-6-5-7(9)11-8(6)10/h6-8,10H,3-5H2,1-2H3. The van der Waals surface area contributed by atoms with Crippen LogP contribution in [0.25, 0.3) is 0 Å². The van der Waals surface area contributed by atoms with Crippen molar-refractivity contribution in [1.82, 2.24) is 0 Å². The zero-order chi connectivity index (χ0) is 8.06. The van der Waals surface area contributed by atoms with Crippen molar-refractivity contribution in [2.24, 2.45) is 11.3 Å². The second-order valence-corrected chi connectivity index (χ2v) is 4.54. The highest BCUT2D eigenvalue weighted by Gasteiger charge is 2.46. The highest BCUT2D eigenvalue weighted by molar-refractivity contribution is 4.92. The summed E-state index contributed by atoms with van der Waals surface area (Å²) in [7, 11) is 0. The Bertz CT molecular complexity index is 163. The van der Waals surface area contributed by atoms with E-state index in [1.54, 1.807) is 0 Å². The monoisotopic (exact) mass is 156 g/mol. The molecule has 2 fully saturated rings. The topological polar surface area (TPSA) is 29.5 Å². The Morgan fingerprint density at radius 3 is 2.82 bits per heavy atom. The van der Waals surface area contributed by atoms with Crippen LogP contribution in [0.4, 0.5) is 0 Å². The average molecular weight is 156 g/mol. The number of aliphatic hydroxyl groups is 1. The zero-order valence-electron chi connectivity index (χ0n) is 7.21. The van der Waals surface area contributed by atoms with Gasteiger partial charge in [0, 0.05) is 5.92 Å². The number of hydrogen-bond donors (Lipinski definition) is 1. The van der Waals surface area contributed by atoms with Crippen LogP contribution in [0.3, 0.4) is 0 Å². The van der Waals surface area contributed by atoms with Crippen LogP contribution in [0.5, 0.6) is 0 Å². The maximum absolute atomic E-state index is 9.41. The fourth-order valence-electron chi connectivity index (χ4n) is 2.21. The van der Waals surface area contributed by atoms with E-state index in [0.29, 0.717) is 12.0 Å². The van der Waals surface area contributed by atoms with Crippen molar-refractivity contribution in [1.29, 1.82) is 0 Å². The van der Waals surface area contributed by atoms with Crippen molar-refractivity contribution in [3.8, 4) is 0 Å². The molecule has 3 unspecified atom stereocenters. The molecular weight excluding hydrogens is 140 g/mol. The maximum Gasteiger partial charge on any atom is 0.157 e. The number of aliphatic hydroxyl groups excluding tert-OH is 1. The van der Waals surface area contributed by atoms with Gasteiger partial charge in [0.05, 0.1) is 6.10 Å². The first-order chi connectivity index (χ1) is 5.09. The van der Waals surface area contributed by atoms with Crippen molar-refractivity contribution in [3.63, 3.8) is 0 Å². The minimum Gasteiger partial charge on any atom is -0.368 e. The first kappa shape index (κ1) is 7.56. The van der Waals surface area contributed by atoms with Crippen LogP contribution in [-0.2, 0) is 4.74 Å². The van der Waals surface area contributed by atoms with E-state index in [4.69, 9.17) is 4.74 Å². The van der Waals surface area contributed by atoms with Crippen LogP contribution < -0.4 is 0 Å². The second-order valence-electron chi connectivity index (χ2n) is 4.54. The van der Waals surface area contributed by atoms with Gasteiger partial charge in [0.25, 0.3) is 0 Å². The smallest absolute Gasteiger partial charge is 0.157 e. The Balaban J connectivity index is 2.15. The molecule has 3 atom stereocenters. The van der Waals surface area contributed by atoms with E-state index in [0.717, 1.165) is 12.8 Å². The fourth-order valence-corrected chi connectivity index (χ4v) is 2.21. The van der Waals surface area contributed by atoms with Gasteiger partial charge in [-0.15, -0.1) is 0 Å². The van der Waals surface area contributed by atoms with Crippen molar-refractivity contribution in [3.05, 3.63) is 0 Å². The lowest BCUT2D eigenvalue weighted by molar-refractivity contribution is -0.120. The third-order valence-electron chi connectivity index (χ3n) is 3.25. The molecule has 0 aromatic rings. The molecule has 11 heavy (non-hydrogen) atoms. The summed E-state index contributed by atoms with van der Waals surface area (Å²) >= 11 is 0. The summed E-state index contributed by atoms with van der Waals surface area (Å²) < 4.78 is 5.46. The summed E-state index contributed by atoms with van der Waals surface area (Å²) in [4.78, 5) is 0. The van der Waals surface area contributed by atoms with Gasteiger partial charge in [0.2, 0.25) is 0 Å². The van der Waals surface area contributed by atoms with Crippen LogP contribution in [0.15, 0.2) is 0 Å². The van der Waals surface area contributed by atoms with Gasteiger partial charge < -0.3 is 9.84 Å². The predicted molar refractivity (Wildman–Crippen MR) is 42.0 cm³/mol. The van der Waals surface area contributed by atoms with Gasteiger partial charge >= 0.3 is 0 Å². The highest BCUT2D eigenvalue weighted by Crippen LogP contribution is 2.46. The molecular formula is C9H16O2. The summed E-state index contributed by atoms with van der Waals surface area (Å²) in [5, 5.41) is 9.41. The molecule has 1 N–H and O–H groups in total. The molecule has 0 spiro atoms. The average Bonchev–Trinajstić information content (AvgIpc) is 2.23. The Morgan fingerprint density at radius 2 is 2.18 bits per heavy atom. The molecule has 2 nitrogen and oxygen atoms in total. The molecule has 1 saturated heterocycles. The summed E-state index contributed by atoms with van der Waals surface area (Å²) in [5.41, 5.74) is 0.286. The van der Waals surface area contributed by atoms with Gasteiger partial charge in [-0.05, 0) is 24.7 Å². The van der Waals surface area contributed by atoms with Crippen LogP contribution in [-0.4, -0.2) is 17.5 Å². The van der Waals surface area contributed by atoms with Crippen molar-refractivity contribution in [2.75, 3.05) is 0 Å². The third-order valence-corrected chi connectivity index (χ3v) is 3.25. The van der Waals surface area contributed by atoms with E-state index in [1.165, 1.54) is 6.42 Å². The van der Waals surface area contributed by atoms with E-state index in [-0.39, 0.29) is 5.41 Å². The van der Waals surface area contributed by atoms with Gasteiger partial charge in [-0.25, -0.2) is 0 Å². The summed E-state index contributed by atoms with van der Waals surface area (Å²) in [6.45, 7) is 4.46. The lowest BCUT2D eigenvalue weighted by Gasteiger charge is -2.33. The number of rotatable bonds is 0. The Morgan fingerprint density at radius 1 is 1.45 bits per heavy atom. The first-order valence-electron chi connectivity index (χ1n) is 4.43. The molecule has 2 bridgehead atoms. The molecule has 1 heterocycles. The first-order valence-corrected chi connectivity index (χ1v) is 4.43. The van der Waals surface area contributed by atoms with Crippen LogP contribution in [0, 0.1) is 11.3 Å². The molecule has 1 saturated carbocycles. The largest absolute Gasteiger partial charge is 0.368 e. The lowest BCUT2D eigenvalue weighted by atomic mass is 9.72. The Kier molecular flexibility index (Phi) is 1.52. The predicted octanol–water partition coefficient (Wildman–Crippen LogP) is 1.53. The maximum atomic E-state index is 9.41. The summed E-state index contributed by atoms with van der Waals surface area (Å²) in [6, 6.07) is 0. The summed E-state index contributed by atoms with van der Waals surface area (Å²) in [6.07, 6.45) is 3.22. The van der Waals surface area contributed by atoms with E-state index in [1.807, 2.05) is 0 Å². The fraction of sp³-hybridized carbons (Fsp3) is 1.00. The lowest BCUT2D eigenvalue weighted by Crippen LogP contribution is -2.31. The van der Waals surface area contributed by atoms with E-state index in [2.05, 4.69) is 13.8 Å². The molecule has 0 aromatic heterocycles. The molecule has 0 amide bonds. The minimum atomic E-state index is -0.471. The molecule has 0 radical (unpaired) electrons. The normalized spacial score (nSPS) is 47.7. The molecule has 0 aromatic carbocycles. The molecule has 2 rings (SSSR count). The van der Waals surface area contributed by atoms with Crippen LogP contribution in [0.1, 0.15) is 33.1 Å². The summed E-state index contributed by atoms with van der Waals surface area (Å²) in [5.74, 6) is 0.424. The van der Waals surface area contributed by atoms with Gasteiger partial charge in [0.15, 0.2) is 6.29 Å². The minimum absolute atomic E-state index is 0.286. The van der Waals surface area contributed by atoms with Crippen LogP contribution in [0.2, 0.25) is 0 Å². The molecule has 2 aliphatic rings. The van der Waals surface area contributed by atoms with Crippen molar-refractivity contribution in [2.45, 2.75) is 45.5 Å². The van der Waals surface area contributed by atoms with Crippen LogP contribution >= 0.6 is 0 Å². The Hall–Kier alpha value is -0.0800. The van der Waals surface area contributed by atoms with Gasteiger partial charge in [0.1, 0.15) is 0 Å². The van der Waals surface area contributed by atoms with Crippen molar-refractivity contribution >= 4 is 0 Å². The van der Waals surface area contributed by atoms with Gasteiger partial charge in [-0.1, -0.05) is 13.8 Å². The van der Waals surface area contributed by atoms with Crippen molar-refractivity contribution < 1.29 is 9.84 Å². The quantitative estimate of drug-likeness (QED) is 0.576. The number of hydrogen-bond acceptors (Lipinski definition) is 2. The molecule has 1 aliphatic carbocycles. The zero-order valence-corrected chi connectivity index (χ0v) is 7.21. The third kappa shape index (κ3) is 1.09. The number of fused-ring (bicyclic) bond motifs is 2.